The Balaban J connectivity index is 1.52. The number of ether oxygens (including phenoxy) is 1. The van der Waals surface area contributed by atoms with Crippen LogP contribution in [-0.4, -0.2) is 34.9 Å². The Labute approximate surface area is 177 Å². The van der Waals surface area contributed by atoms with Crippen molar-refractivity contribution in [3.05, 3.63) is 56.7 Å². The number of benzene rings is 1. The minimum Gasteiger partial charge on any atom is -0.383 e. The second-order valence-corrected chi connectivity index (χ2v) is 8.96. The summed E-state index contributed by atoms with van der Waals surface area (Å²) in [6.45, 7) is 1.34. The zero-order valence-electron chi connectivity index (χ0n) is 16.3. The largest absolute Gasteiger partial charge is 0.383 e. The first-order chi connectivity index (χ1) is 14.2. The molecule has 0 bridgehead atoms. The summed E-state index contributed by atoms with van der Waals surface area (Å²) >= 11 is 2.92. The standard InChI is InChI=1S/C21H23N3O3S2/c1-27-11-10-24-20(26)18-15-8-5-9-16(15)29-19(18)23-21(24)28-13-17(25)22-12-14-6-3-2-4-7-14/h2-4,6-7H,5,8-13H2,1H3,(H,22,25). The molecule has 6 nitrogen and oxygen atoms in total. The lowest BCUT2D eigenvalue weighted by Gasteiger charge is -2.12. The van der Waals surface area contributed by atoms with Crippen molar-refractivity contribution in [2.24, 2.45) is 0 Å². The minimum atomic E-state index is -0.0832. The van der Waals surface area contributed by atoms with Crippen molar-refractivity contribution in [3.63, 3.8) is 0 Å². The summed E-state index contributed by atoms with van der Waals surface area (Å²) in [5.74, 6) is 0.128. The van der Waals surface area contributed by atoms with Crippen LogP contribution >= 0.6 is 23.1 Å². The highest BCUT2D eigenvalue weighted by Crippen LogP contribution is 2.35. The van der Waals surface area contributed by atoms with Gasteiger partial charge in [-0.3, -0.25) is 14.2 Å². The van der Waals surface area contributed by atoms with E-state index in [0.29, 0.717) is 24.9 Å². The molecule has 1 aliphatic rings. The molecule has 0 unspecified atom stereocenters. The van der Waals surface area contributed by atoms with Gasteiger partial charge in [-0.2, -0.15) is 0 Å². The molecule has 0 spiro atoms. The average molecular weight is 430 g/mol. The van der Waals surface area contributed by atoms with Crippen LogP contribution in [-0.2, 0) is 35.5 Å². The number of methoxy groups -OCH3 is 1. The average Bonchev–Trinajstić information content (AvgIpc) is 3.32. The van der Waals surface area contributed by atoms with Crippen molar-refractivity contribution in [2.45, 2.75) is 37.5 Å². The number of aromatic nitrogens is 2. The number of hydrogen-bond acceptors (Lipinski definition) is 6. The zero-order chi connectivity index (χ0) is 20.2. The van der Waals surface area contributed by atoms with Crippen LogP contribution in [0.15, 0.2) is 40.3 Å². The third kappa shape index (κ3) is 4.39. The van der Waals surface area contributed by atoms with Crippen molar-refractivity contribution < 1.29 is 9.53 Å². The third-order valence-electron chi connectivity index (χ3n) is 4.97. The van der Waals surface area contributed by atoms with E-state index in [1.165, 1.54) is 22.2 Å². The smallest absolute Gasteiger partial charge is 0.263 e. The molecular weight excluding hydrogens is 406 g/mol. The molecular formula is C21H23N3O3S2. The summed E-state index contributed by atoms with van der Waals surface area (Å²) in [7, 11) is 1.61. The first kappa shape index (κ1) is 20.1. The number of aryl methyl sites for hydroxylation is 2. The summed E-state index contributed by atoms with van der Waals surface area (Å²) in [6.07, 6.45) is 3.08. The Bertz CT molecular complexity index is 1080. The Kier molecular flexibility index (Phi) is 6.32. The number of fused-ring (bicyclic) bond motifs is 3. The number of amides is 1. The molecule has 2 aromatic heterocycles. The first-order valence-corrected chi connectivity index (χ1v) is 11.4. The van der Waals surface area contributed by atoms with E-state index in [9.17, 15) is 9.59 Å². The van der Waals surface area contributed by atoms with Gasteiger partial charge in [0.1, 0.15) is 4.83 Å². The second kappa shape index (κ2) is 9.11. The Morgan fingerprint density at radius 2 is 2.14 bits per heavy atom. The lowest BCUT2D eigenvalue weighted by molar-refractivity contribution is -0.118. The number of carbonyl (C=O) groups is 1. The zero-order valence-corrected chi connectivity index (χ0v) is 17.9. The molecule has 2 heterocycles. The highest BCUT2D eigenvalue weighted by molar-refractivity contribution is 7.99. The number of thioether (sulfide) groups is 1. The Morgan fingerprint density at radius 3 is 2.93 bits per heavy atom. The number of nitrogens with one attached hydrogen (secondary N) is 1. The van der Waals surface area contributed by atoms with Gasteiger partial charge in [0.15, 0.2) is 5.16 Å². The van der Waals surface area contributed by atoms with Crippen LogP contribution in [0.5, 0.6) is 0 Å². The number of nitrogens with zero attached hydrogens (tertiary/aromatic N) is 2. The highest BCUT2D eigenvalue weighted by Gasteiger charge is 2.23. The van der Waals surface area contributed by atoms with E-state index >= 15 is 0 Å². The van der Waals surface area contributed by atoms with Gasteiger partial charge in [0.25, 0.3) is 5.56 Å². The monoisotopic (exact) mass is 429 g/mol. The fourth-order valence-corrected chi connectivity index (χ4v) is 5.68. The van der Waals surface area contributed by atoms with E-state index in [-0.39, 0.29) is 17.2 Å². The Hall–Kier alpha value is -2.16. The molecule has 8 heteroatoms. The Morgan fingerprint density at radius 1 is 1.31 bits per heavy atom. The number of thiophene rings is 1. The molecule has 0 radical (unpaired) electrons. The molecule has 0 aliphatic heterocycles. The van der Waals surface area contributed by atoms with Crippen LogP contribution in [0.4, 0.5) is 0 Å². The molecule has 29 heavy (non-hydrogen) atoms. The van der Waals surface area contributed by atoms with Crippen molar-refractivity contribution >= 4 is 39.2 Å². The molecule has 4 rings (SSSR count). The van der Waals surface area contributed by atoms with Crippen molar-refractivity contribution in [1.82, 2.24) is 14.9 Å². The summed E-state index contributed by atoms with van der Waals surface area (Å²) in [6, 6.07) is 9.79. The van der Waals surface area contributed by atoms with E-state index in [4.69, 9.17) is 9.72 Å². The van der Waals surface area contributed by atoms with Crippen LogP contribution in [0.25, 0.3) is 10.2 Å². The van der Waals surface area contributed by atoms with Gasteiger partial charge in [0.2, 0.25) is 5.91 Å². The van der Waals surface area contributed by atoms with E-state index in [1.807, 2.05) is 30.3 Å². The summed E-state index contributed by atoms with van der Waals surface area (Å²) in [5.41, 5.74) is 2.21. The van der Waals surface area contributed by atoms with Gasteiger partial charge < -0.3 is 10.1 Å². The van der Waals surface area contributed by atoms with Crippen LogP contribution in [0.2, 0.25) is 0 Å². The molecule has 3 aromatic rings. The minimum absolute atomic E-state index is 0.0151. The molecule has 0 saturated carbocycles. The van der Waals surface area contributed by atoms with E-state index in [2.05, 4.69) is 5.32 Å². The van der Waals surface area contributed by atoms with Crippen LogP contribution < -0.4 is 10.9 Å². The SMILES string of the molecule is COCCn1c(SCC(=O)NCc2ccccc2)nc2sc3c(c2c1=O)CCC3. The third-order valence-corrected chi connectivity index (χ3v) is 7.14. The maximum Gasteiger partial charge on any atom is 0.263 e. The maximum atomic E-state index is 13.2. The van der Waals surface area contributed by atoms with Crippen molar-refractivity contribution in [2.75, 3.05) is 19.5 Å². The second-order valence-electron chi connectivity index (χ2n) is 6.93. The summed E-state index contributed by atoms with van der Waals surface area (Å²) in [4.78, 5) is 32.3. The predicted octanol–water partition coefficient (Wildman–Crippen LogP) is 3.00. The molecule has 0 saturated heterocycles. The molecule has 1 N–H and O–H groups in total. The fourth-order valence-electron chi connectivity index (χ4n) is 3.53. The molecule has 1 aliphatic carbocycles. The molecule has 152 valence electrons. The van der Waals surface area contributed by atoms with Crippen LogP contribution in [0.1, 0.15) is 22.4 Å². The lowest BCUT2D eigenvalue weighted by Crippen LogP contribution is -2.27. The fraction of sp³-hybridized carbons (Fsp3) is 0.381. The van der Waals surface area contributed by atoms with Gasteiger partial charge >= 0.3 is 0 Å². The van der Waals surface area contributed by atoms with Gasteiger partial charge in [-0.15, -0.1) is 11.3 Å². The van der Waals surface area contributed by atoms with Crippen LogP contribution in [0, 0.1) is 0 Å². The number of carbonyl (C=O) groups excluding carboxylic acids is 1. The normalized spacial score (nSPS) is 13.0. The molecule has 0 fully saturated rings. The lowest BCUT2D eigenvalue weighted by atomic mass is 10.2. The van der Waals surface area contributed by atoms with E-state index in [0.717, 1.165) is 35.0 Å². The van der Waals surface area contributed by atoms with Gasteiger partial charge in [-0.1, -0.05) is 42.1 Å². The van der Waals surface area contributed by atoms with Crippen molar-refractivity contribution in [1.29, 1.82) is 0 Å². The molecule has 1 aromatic carbocycles. The van der Waals surface area contributed by atoms with E-state index < -0.39 is 0 Å². The maximum absolute atomic E-state index is 13.2. The summed E-state index contributed by atoms with van der Waals surface area (Å²) < 4.78 is 6.84. The van der Waals surface area contributed by atoms with Gasteiger partial charge in [-0.05, 0) is 30.4 Å². The predicted molar refractivity (Wildman–Crippen MR) is 117 cm³/mol. The molecule has 0 atom stereocenters. The van der Waals surface area contributed by atoms with Crippen molar-refractivity contribution in [3.8, 4) is 0 Å². The van der Waals surface area contributed by atoms with Gasteiger partial charge in [0, 0.05) is 18.5 Å². The quantitative estimate of drug-likeness (QED) is 0.440. The topological polar surface area (TPSA) is 73.2 Å². The summed E-state index contributed by atoms with van der Waals surface area (Å²) in [5, 5.41) is 4.26. The van der Waals surface area contributed by atoms with Crippen LogP contribution in [0.3, 0.4) is 0 Å². The highest BCUT2D eigenvalue weighted by atomic mass is 32.2. The van der Waals surface area contributed by atoms with Gasteiger partial charge in [-0.25, -0.2) is 4.98 Å². The molecule has 1 amide bonds. The number of hydrogen-bond donors (Lipinski definition) is 1. The first-order valence-electron chi connectivity index (χ1n) is 9.65. The number of rotatable bonds is 8. The van der Waals surface area contributed by atoms with E-state index in [1.54, 1.807) is 23.0 Å². The van der Waals surface area contributed by atoms with Gasteiger partial charge in [0.05, 0.1) is 24.3 Å².